The number of anilines is 1. The van der Waals surface area contributed by atoms with E-state index >= 15 is 0 Å². The summed E-state index contributed by atoms with van der Waals surface area (Å²) in [6.45, 7) is 5.05. The number of ether oxygens (including phenoxy) is 1. The SMILES string of the molecule is COC1(C)CCCN(c2sc([C@H](C)O)cc2[N+](=O)[O-])C1. The van der Waals surface area contributed by atoms with Gasteiger partial charge in [-0.15, -0.1) is 11.3 Å². The van der Waals surface area contributed by atoms with Crippen LogP contribution in [-0.2, 0) is 4.74 Å². The van der Waals surface area contributed by atoms with Gasteiger partial charge in [0.2, 0.25) is 0 Å². The number of thiophene rings is 1. The first-order chi connectivity index (χ1) is 9.36. The van der Waals surface area contributed by atoms with E-state index < -0.39 is 6.10 Å². The molecule has 0 aromatic carbocycles. The molecule has 0 radical (unpaired) electrons. The minimum absolute atomic E-state index is 0.0752. The van der Waals surface area contributed by atoms with Gasteiger partial charge in [0.15, 0.2) is 5.00 Å². The Bertz CT molecular complexity index is 503. The first kappa shape index (κ1) is 15.2. The van der Waals surface area contributed by atoms with E-state index in [-0.39, 0.29) is 16.2 Å². The van der Waals surface area contributed by atoms with Crippen molar-refractivity contribution in [3.63, 3.8) is 0 Å². The smallest absolute Gasteiger partial charge is 0.304 e. The summed E-state index contributed by atoms with van der Waals surface area (Å²) in [6.07, 6.45) is 1.19. The molecule has 2 heterocycles. The van der Waals surface area contributed by atoms with Crippen molar-refractivity contribution in [3.05, 3.63) is 21.1 Å². The average molecular weight is 300 g/mol. The van der Waals surface area contributed by atoms with Gasteiger partial charge in [-0.25, -0.2) is 0 Å². The van der Waals surface area contributed by atoms with E-state index in [1.165, 1.54) is 17.4 Å². The van der Waals surface area contributed by atoms with Crippen LogP contribution in [0.15, 0.2) is 6.07 Å². The maximum Gasteiger partial charge on any atom is 0.304 e. The van der Waals surface area contributed by atoms with E-state index in [2.05, 4.69) is 0 Å². The van der Waals surface area contributed by atoms with Crippen molar-refractivity contribution < 1.29 is 14.8 Å². The van der Waals surface area contributed by atoms with Gasteiger partial charge < -0.3 is 14.7 Å². The standard InChI is InChI=1S/C13H20N2O4S/c1-9(16)11-7-10(15(17)18)12(20-11)14-6-4-5-13(2,8-14)19-3/h7,9,16H,4-6,8H2,1-3H3/t9-,13?/m0/s1. The molecule has 1 aliphatic heterocycles. The molecule has 0 bridgehead atoms. The number of nitrogens with zero attached hydrogens (tertiary/aromatic N) is 2. The second-order valence-corrected chi connectivity index (χ2v) is 6.51. The number of hydrogen-bond donors (Lipinski definition) is 1. The van der Waals surface area contributed by atoms with Crippen molar-refractivity contribution in [2.24, 2.45) is 0 Å². The van der Waals surface area contributed by atoms with Gasteiger partial charge in [-0.3, -0.25) is 10.1 Å². The second-order valence-electron chi connectivity index (χ2n) is 5.45. The highest BCUT2D eigenvalue weighted by molar-refractivity contribution is 7.16. The van der Waals surface area contributed by atoms with Crippen molar-refractivity contribution in [1.29, 1.82) is 0 Å². The Hall–Kier alpha value is -1.18. The molecule has 1 aromatic heterocycles. The predicted molar refractivity (Wildman–Crippen MR) is 78.5 cm³/mol. The van der Waals surface area contributed by atoms with E-state index in [4.69, 9.17) is 4.74 Å². The van der Waals surface area contributed by atoms with Gasteiger partial charge in [0.25, 0.3) is 0 Å². The third-order valence-corrected chi connectivity index (χ3v) is 5.12. The highest BCUT2D eigenvalue weighted by atomic mass is 32.1. The molecular formula is C13H20N2O4S. The van der Waals surface area contributed by atoms with Gasteiger partial charge in [-0.2, -0.15) is 0 Å². The fraction of sp³-hybridized carbons (Fsp3) is 0.692. The quantitative estimate of drug-likeness (QED) is 0.683. The van der Waals surface area contributed by atoms with Crippen LogP contribution < -0.4 is 4.90 Å². The zero-order valence-electron chi connectivity index (χ0n) is 12.0. The van der Waals surface area contributed by atoms with Crippen molar-refractivity contribution in [2.75, 3.05) is 25.1 Å². The van der Waals surface area contributed by atoms with Gasteiger partial charge in [-0.1, -0.05) is 0 Å². The maximum atomic E-state index is 11.2. The van der Waals surface area contributed by atoms with E-state index in [0.717, 1.165) is 19.4 Å². The minimum atomic E-state index is -0.689. The Morgan fingerprint density at radius 2 is 2.35 bits per heavy atom. The molecule has 20 heavy (non-hydrogen) atoms. The van der Waals surface area contributed by atoms with Crippen LogP contribution in [0.5, 0.6) is 0 Å². The minimum Gasteiger partial charge on any atom is -0.388 e. The second kappa shape index (κ2) is 5.67. The molecule has 112 valence electrons. The lowest BCUT2D eigenvalue weighted by Crippen LogP contribution is -2.47. The molecule has 7 heteroatoms. The Kier molecular flexibility index (Phi) is 4.31. The van der Waals surface area contributed by atoms with Crippen molar-refractivity contribution in [3.8, 4) is 0 Å². The number of hydrogen-bond acceptors (Lipinski definition) is 6. The largest absolute Gasteiger partial charge is 0.388 e. The fourth-order valence-electron chi connectivity index (χ4n) is 2.50. The molecule has 2 atom stereocenters. The van der Waals surface area contributed by atoms with Crippen LogP contribution in [-0.4, -0.2) is 35.8 Å². The van der Waals surface area contributed by atoms with Crippen LogP contribution >= 0.6 is 11.3 Å². The summed E-state index contributed by atoms with van der Waals surface area (Å²) in [5.41, 5.74) is -0.201. The van der Waals surface area contributed by atoms with Gasteiger partial charge in [-0.05, 0) is 26.7 Å². The average Bonchev–Trinajstić information content (AvgIpc) is 2.84. The van der Waals surface area contributed by atoms with Crippen molar-refractivity contribution >= 4 is 22.0 Å². The number of nitro groups is 1. The number of aliphatic hydroxyl groups is 1. The molecule has 2 rings (SSSR count). The van der Waals surface area contributed by atoms with Crippen molar-refractivity contribution in [2.45, 2.75) is 38.4 Å². The molecule has 1 aromatic rings. The van der Waals surface area contributed by atoms with Crippen LogP contribution in [0.3, 0.4) is 0 Å². The first-order valence-corrected chi connectivity index (χ1v) is 7.44. The molecule has 1 fully saturated rings. The monoisotopic (exact) mass is 300 g/mol. The van der Waals surface area contributed by atoms with Gasteiger partial charge >= 0.3 is 5.69 Å². The molecule has 1 unspecified atom stereocenters. The number of piperidine rings is 1. The lowest BCUT2D eigenvalue weighted by molar-refractivity contribution is -0.383. The zero-order chi connectivity index (χ0) is 14.9. The molecule has 0 aliphatic carbocycles. The Labute approximate surface area is 122 Å². The summed E-state index contributed by atoms with van der Waals surface area (Å²) in [6, 6.07) is 1.48. The van der Waals surface area contributed by atoms with E-state index in [1.54, 1.807) is 14.0 Å². The number of methoxy groups -OCH3 is 1. The molecular weight excluding hydrogens is 280 g/mol. The molecule has 0 saturated carbocycles. The van der Waals surface area contributed by atoms with E-state index in [9.17, 15) is 15.2 Å². The predicted octanol–water partition coefficient (Wildman–Crippen LogP) is 2.71. The van der Waals surface area contributed by atoms with Crippen LogP contribution in [0.1, 0.15) is 37.7 Å². The summed E-state index contributed by atoms with van der Waals surface area (Å²) in [4.78, 5) is 13.4. The third kappa shape index (κ3) is 2.94. The van der Waals surface area contributed by atoms with Gasteiger partial charge in [0.05, 0.1) is 16.6 Å². The summed E-state index contributed by atoms with van der Waals surface area (Å²) < 4.78 is 5.53. The van der Waals surface area contributed by atoms with E-state index in [0.29, 0.717) is 16.4 Å². The summed E-state index contributed by atoms with van der Waals surface area (Å²) in [5.74, 6) is 0. The summed E-state index contributed by atoms with van der Waals surface area (Å²) >= 11 is 1.29. The molecule has 0 spiro atoms. The molecule has 1 aliphatic rings. The third-order valence-electron chi connectivity index (χ3n) is 3.76. The van der Waals surface area contributed by atoms with Gasteiger partial charge in [0, 0.05) is 31.1 Å². The number of rotatable bonds is 4. The van der Waals surface area contributed by atoms with Crippen LogP contribution in [0.25, 0.3) is 0 Å². The van der Waals surface area contributed by atoms with Gasteiger partial charge in [0.1, 0.15) is 0 Å². The Balaban J connectivity index is 2.33. The van der Waals surface area contributed by atoms with E-state index in [1.807, 2.05) is 11.8 Å². The maximum absolute atomic E-state index is 11.2. The summed E-state index contributed by atoms with van der Waals surface area (Å²) in [7, 11) is 1.67. The lowest BCUT2D eigenvalue weighted by atomic mass is 9.95. The highest BCUT2D eigenvalue weighted by Crippen LogP contribution is 2.42. The topological polar surface area (TPSA) is 75.8 Å². The Morgan fingerprint density at radius 1 is 1.65 bits per heavy atom. The normalized spacial score (nSPS) is 24.7. The van der Waals surface area contributed by atoms with Crippen LogP contribution in [0.2, 0.25) is 0 Å². The molecule has 1 N–H and O–H groups in total. The lowest BCUT2D eigenvalue weighted by Gasteiger charge is -2.39. The molecule has 6 nitrogen and oxygen atoms in total. The fourth-order valence-corrected chi connectivity index (χ4v) is 3.59. The summed E-state index contributed by atoms with van der Waals surface area (Å²) in [5, 5.41) is 21.5. The molecule has 1 saturated heterocycles. The zero-order valence-corrected chi connectivity index (χ0v) is 12.8. The first-order valence-electron chi connectivity index (χ1n) is 6.62. The van der Waals surface area contributed by atoms with Crippen LogP contribution in [0.4, 0.5) is 10.7 Å². The Morgan fingerprint density at radius 3 is 2.90 bits per heavy atom. The molecule has 0 amide bonds. The van der Waals surface area contributed by atoms with Crippen molar-refractivity contribution in [1.82, 2.24) is 0 Å². The number of aliphatic hydroxyl groups excluding tert-OH is 1. The highest BCUT2D eigenvalue weighted by Gasteiger charge is 2.35. The van der Waals surface area contributed by atoms with Crippen LogP contribution in [0, 0.1) is 10.1 Å².